The van der Waals surface area contributed by atoms with Gasteiger partial charge in [-0.2, -0.15) is 0 Å². The Morgan fingerprint density at radius 3 is 2.25 bits per heavy atom. The Morgan fingerprint density at radius 2 is 1.75 bits per heavy atom. The van der Waals surface area contributed by atoms with E-state index in [0.29, 0.717) is 0 Å². The molecule has 0 radical (unpaired) electrons. The Hall–Kier alpha value is -0.0800. The second kappa shape index (κ2) is 4.24. The van der Waals surface area contributed by atoms with E-state index >= 15 is 0 Å². The van der Waals surface area contributed by atoms with Crippen LogP contribution in [0, 0.1) is 0 Å². The van der Waals surface area contributed by atoms with E-state index in [4.69, 9.17) is 0 Å². The summed E-state index contributed by atoms with van der Waals surface area (Å²) in [4.78, 5) is 0. The van der Waals surface area contributed by atoms with Crippen molar-refractivity contribution in [3.8, 4) is 0 Å². The lowest BCUT2D eigenvalue weighted by Gasteiger charge is -2.05. The first-order chi connectivity index (χ1) is 5.58. The van der Waals surface area contributed by atoms with Crippen molar-refractivity contribution >= 4 is 37.9 Å². The first-order valence-corrected chi connectivity index (χ1v) is 5.29. The van der Waals surface area contributed by atoms with Gasteiger partial charge in [0.15, 0.2) is 0 Å². The minimum absolute atomic E-state index is 0.101. The monoisotopic (exact) mass is 288 g/mol. The normalized spacial score (nSPS) is 12.2. The summed E-state index contributed by atoms with van der Waals surface area (Å²) < 4.78 is -0.101. The van der Waals surface area contributed by atoms with Crippen LogP contribution in [0.4, 0.5) is 0 Å². The maximum absolute atomic E-state index is 3.47. The maximum Gasteiger partial charge on any atom is 0.0959 e. The molecule has 64 valence electrons. The molecule has 0 fully saturated rings. The predicted octanol–water partition coefficient (Wildman–Crippen LogP) is 4.21. The number of alkyl halides is 2. The van der Waals surface area contributed by atoms with Crippen molar-refractivity contribution in [3.63, 3.8) is 0 Å². The van der Waals surface area contributed by atoms with Crippen LogP contribution in [0.5, 0.6) is 0 Å². The predicted molar refractivity (Wildman–Crippen MR) is 61.7 cm³/mol. The average Bonchev–Trinajstić information content (AvgIpc) is 2.02. The van der Waals surface area contributed by atoms with Crippen LogP contribution in [-0.2, 0) is 0 Å². The van der Waals surface area contributed by atoms with Crippen LogP contribution >= 0.6 is 31.9 Å². The van der Waals surface area contributed by atoms with Crippen molar-refractivity contribution in [1.82, 2.24) is 0 Å². The zero-order valence-corrected chi connectivity index (χ0v) is 9.97. The quantitative estimate of drug-likeness (QED) is 0.716. The Balaban J connectivity index is 2.71. The van der Waals surface area contributed by atoms with Gasteiger partial charge in [0.1, 0.15) is 0 Å². The highest BCUT2D eigenvalue weighted by atomic mass is 79.9. The fourth-order valence-corrected chi connectivity index (χ4v) is 1.07. The molecule has 0 unspecified atom stereocenters. The number of benzene rings is 1. The zero-order chi connectivity index (χ0) is 9.03. The molecule has 0 saturated carbocycles. The third-order valence-corrected chi connectivity index (χ3v) is 1.90. The molecular formula is C10H10Br2. The Kier molecular flexibility index (Phi) is 3.53. The van der Waals surface area contributed by atoms with Crippen LogP contribution in [0.25, 0.3) is 6.08 Å². The molecule has 2 heteroatoms. The van der Waals surface area contributed by atoms with Gasteiger partial charge in [-0.3, -0.25) is 0 Å². The number of allylic oxidation sites excluding steroid dienone is 1. The van der Waals surface area contributed by atoms with E-state index in [0.717, 1.165) is 0 Å². The maximum atomic E-state index is 3.47. The second-order valence-electron chi connectivity index (χ2n) is 2.70. The van der Waals surface area contributed by atoms with Gasteiger partial charge in [-0.1, -0.05) is 74.3 Å². The van der Waals surface area contributed by atoms with Crippen molar-refractivity contribution in [2.45, 2.75) is 10.2 Å². The summed E-state index contributed by atoms with van der Waals surface area (Å²) in [5.74, 6) is 0. The van der Waals surface area contributed by atoms with Gasteiger partial charge in [0.05, 0.1) is 3.23 Å². The first-order valence-electron chi connectivity index (χ1n) is 3.70. The largest absolute Gasteiger partial charge is 0.0959 e. The van der Waals surface area contributed by atoms with Crippen molar-refractivity contribution in [1.29, 1.82) is 0 Å². The molecule has 12 heavy (non-hydrogen) atoms. The fraction of sp³-hybridized carbons (Fsp3) is 0.200. The van der Waals surface area contributed by atoms with Crippen LogP contribution in [0.15, 0.2) is 36.4 Å². The van der Waals surface area contributed by atoms with Crippen molar-refractivity contribution in [2.24, 2.45) is 0 Å². The van der Waals surface area contributed by atoms with E-state index in [2.05, 4.69) is 56.1 Å². The van der Waals surface area contributed by atoms with Gasteiger partial charge in [-0.25, -0.2) is 0 Å². The van der Waals surface area contributed by atoms with Crippen LogP contribution in [-0.4, -0.2) is 3.23 Å². The van der Waals surface area contributed by atoms with E-state index in [1.807, 2.05) is 25.1 Å². The summed E-state index contributed by atoms with van der Waals surface area (Å²) in [5.41, 5.74) is 1.21. The molecule has 0 amide bonds. The van der Waals surface area contributed by atoms with E-state index in [1.165, 1.54) is 5.56 Å². The number of halogens is 2. The van der Waals surface area contributed by atoms with Crippen LogP contribution < -0.4 is 0 Å². The summed E-state index contributed by atoms with van der Waals surface area (Å²) >= 11 is 6.93. The summed E-state index contributed by atoms with van der Waals surface area (Å²) in [6, 6.07) is 10.2. The third kappa shape index (κ3) is 4.07. The Morgan fingerprint density at radius 1 is 1.17 bits per heavy atom. The van der Waals surface area contributed by atoms with Crippen LogP contribution in [0.1, 0.15) is 12.5 Å². The van der Waals surface area contributed by atoms with Gasteiger partial charge < -0.3 is 0 Å². The fourth-order valence-electron chi connectivity index (χ4n) is 0.807. The highest BCUT2D eigenvalue weighted by molar-refractivity contribution is 9.25. The molecule has 1 aromatic carbocycles. The van der Waals surface area contributed by atoms with E-state index in [1.54, 1.807) is 0 Å². The zero-order valence-electron chi connectivity index (χ0n) is 6.80. The van der Waals surface area contributed by atoms with Crippen LogP contribution in [0.2, 0.25) is 0 Å². The molecule has 0 aliphatic rings. The van der Waals surface area contributed by atoms with Gasteiger partial charge in [0.25, 0.3) is 0 Å². The SMILES string of the molecule is CC(Br)(Br)C=Cc1ccccc1. The van der Waals surface area contributed by atoms with E-state index in [9.17, 15) is 0 Å². The smallest absolute Gasteiger partial charge is 0.0684 e. The molecule has 0 aromatic heterocycles. The molecule has 0 bridgehead atoms. The molecule has 0 aliphatic carbocycles. The molecule has 0 N–H and O–H groups in total. The second-order valence-corrected chi connectivity index (χ2v) is 7.06. The third-order valence-electron chi connectivity index (χ3n) is 1.37. The average molecular weight is 290 g/mol. The molecule has 0 spiro atoms. The highest BCUT2D eigenvalue weighted by Gasteiger charge is 2.08. The van der Waals surface area contributed by atoms with Gasteiger partial charge in [0, 0.05) is 0 Å². The lowest BCUT2D eigenvalue weighted by Crippen LogP contribution is -1.96. The van der Waals surface area contributed by atoms with Crippen molar-refractivity contribution < 1.29 is 0 Å². The first kappa shape index (κ1) is 10.0. The van der Waals surface area contributed by atoms with Gasteiger partial charge in [-0.05, 0) is 12.5 Å². The molecule has 0 atom stereocenters. The summed E-state index contributed by atoms with van der Waals surface area (Å²) in [5, 5.41) is 0. The van der Waals surface area contributed by atoms with Crippen molar-refractivity contribution in [2.75, 3.05) is 0 Å². The molecule has 0 nitrogen and oxygen atoms in total. The lowest BCUT2D eigenvalue weighted by atomic mass is 10.2. The van der Waals surface area contributed by atoms with Gasteiger partial charge >= 0.3 is 0 Å². The molecule has 1 rings (SSSR count). The summed E-state index contributed by atoms with van der Waals surface area (Å²) in [6.07, 6.45) is 4.13. The Labute approximate surface area is 89.9 Å². The summed E-state index contributed by atoms with van der Waals surface area (Å²) in [7, 11) is 0. The molecule has 0 heterocycles. The minimum Gasteiger partial charge on any atom is -0.0684 e. The Bertz CT molecular complexity index is 257. The topological polar surface area (TPSA) is 0 Å². The molecular weight excluding hydrogens is 280 g/mol. The molecule has 0 saturated heterocycles. The van der Waals surface area contributed by atoms with E-state index in [-0.39, 0.29) is 3.23 Å². The number of rotatable bonds is 2. The minimum atomic E-state index is -0.101. The molecule has 0 aliphatic heterocycles. The van der Waals surface area contributed by atoms with Crippen LogP contribution in [0.3, 0.4) is 0 Å². The summed E-state index contributed by atoms with van der Waals surface area (Å²) in [6.45, 7) is 2.03. The van der Waals surface area contributed by atoms with Crippen molar-refractivity contribution in [3.05, 3.63) is 42.0 Å². The standard InChI is InChI=1S/C10H10Br2/c1-10(11,12)8-7-9-5-3-2-4-6-9/h2-8H,1H3. The highest BCUT2D eigenvalue weighted by Crippen LogP contribution is 2.27. The lowest BCUT2D eigenvalue weighted by molar-refractivity contribution is 1.22. The molecule has 1 aromatic rings. The van der Waals surface area contributed by atoms with Gasteiger partial charge in [-0.15, -0.1) is 0 Å². The van der Waals surface area contributed by atoms with E-state index < -0.39 is 0 Å². The number of hydrogen-bond acceptors (Lipinski definition) is 0. The number of hydrogen-bond donors (Lipinski definition) is 0. The van der Waals surface area contributed by atoms with Gasteiger partial charge in [0.2, 0.25) is 0 Å².